The van der Waals surface area contributed by atoms with Gasteiger partial charge in [0.2, 0.25) is 0 Å². The summed E-state index contributed by atoms with van der Waals surface area (Å²) in [4.78, 5) is 22.0. The van der Waals surface area contributed by atoms with Crippen LogP contribution in [0.1, 0.15) is 0 Å². The number of aromatic nitrogens is 2. The Labute approximate surface area is 113 Å². The SMILES string of the molecule is [N-]=[N+]=Nc1ccccc1-c1nc2ccccc2c(=O)[nH]1. The van der Waals surface area contributed by atoms with E-state index in [-0.39, 0.29) is 5.56 Å². The fourth-order valence-electron chi connectivity index (χ4n) is 2.02. The van der Waals surface area contributed by atoms with Crippen LogP contribution in [0, 0.1) is 0 Å². The minimum atomic E-state index is -0.221. The summed E-state index contributed by atoms with van der Waals surface area (Å²) in [6.07, 6.45) is 0. The molecule has 3 rings (SSSR count). The van der Waals surface area contributed by atoms with Crippen molar-refractivity contribution >= 4 is 16.6 Å². The third kappa shape index (κ3) is 2.00. The third-order valence-corrected chi connectivity index (χ3v) is 2.92. The van der Waals surface area contributed by atoms with Crippen LogP contribution < -0.4 is 5.56 Å². The first kappa shape index (κ1) is 12.0. The highest BCUT2D eigenvalue weighted by Crippen LogP contribution is 2.27. The summed E-state index contributed by atoms with van der Waals surface area (Å²) in [6, 6.07) is 14.0. The Morgan fingerprint density at radius 1 is 1.10 bits per heavy atom. The third-order valence-electron chi connectivity index (χ3n) is 2.92. The molecular weight excluding hydrogens is 254 g/mol. The largest absolute Gasteiger partial charge is 0.306 e. The molecule has 0 aliphatic rings. The summed E-state index contributed by atoms with van der Waals surface area (Å²) < 4.78 is 0. The number of azide groups is 1. The van der Waals surface area contributed by atoms with Crippen molar-refractivity contribution in [2.75, 3.05) is 0 Å². The smallest absolute Gasteiger partial charge is 0.259 e. The van der Waals surface area contributed by atoms with Crippen LogP contribution in [0.4, 0.5) is 5.69 Å². The van der Waals surface area contributed by atoms with Gasteiger partial charge in [0.05, 0.1) is 10.9 Å². The number of nitrogens with one attached hydrogen (secondary N) is 1. The summed E-state index contributed by atoms with van der Waals surface area (Å²) in [5, 5.41) is 4.14. The number of para-hydroxylation sites is 1. The lowest BCUT2D eigenvalue weighted by Crippen LogP contribution is -2.09. The summed E-state index contributed by atoms with van der Waals surface area (Å²) in [5.74, 6) is 0.386. The van der Waals surface area contributed by atoms with E-state index in [1.54, 1.807) is 42.5 Å². The van der Waals surface area contributed by atoms with Crippen molar-refractivity contribution in [3.63, 3.8) is 0 Å². The van der Waals surface area contributed by atoms with Crippen molar-refractivity contribution < 1.29 is 0 Å². The topological polar surface area (TPSA) is 94.5 Å². The van der Waals surface area contributed by atoms with Gasteiger partial charge in [-0.05, 0) is 17.7 Å². The number of nitrogens with zero attached hydrogens (tertiary/aromatic N) is 4. The van der Waals surface area contributed by atoms with Gasteiger partial charge in [0.1, 0.15) is 5.82 Å². The molecule has 0 saturated carbocycles. The molecule has 0 fully saturated rings. The average Bonchev–Trinajstić information content (AvgIpc) is 2.48. The number of benzene rings is 2. The Bertz CT molecular complexity index is 893. The van der Waals surface area contributed by atoms with E-state index < -0.39 is 0 Å². The van der Waals surface area contributed by atoms with Gasteiger partial charge in [-0.15, -0.1) is 0 Å². The van der Waals surface area contributed by atoms with Crippen LogP contribution >= 0.6 is 0 Å². The zero-order valence-electron chi connectivity index (χ0n) is 10.3. The number of hydrogen-bond acceptors (Lipinski definition) is 3. The molecule has 0 aliphatic carbocycles. The fraction of sp³-hybridized carbons (Fsp3) is 0. The highest BCUT2D eigenvalue weighted by molar-refractivity contribution is 5.81. The maximum absolute atomic E-state index is 12.0. The second kappa shape index (κ2) is 4.87. The van der Waals surface area contributed by atoms with Gasteiger partial charge in [-0.1, -0.05) is 41.5 Å². The van der Waals surface area contributed by atoms with E-state index in [0.29, 0.717) is 28.0 Å². The highest BCUT2D eigenvalue weighted by Gasteiger charge is 2.08. The van der Waals surface area contributed by atoms with E-state index in [1.165, 1.54) is 0 Å². The van der Waals surface area contributed by atoms with E-state index in [0.717, 1.165) is 0 Å². The first-order chi connectivity index (χ1) is 9.79. The summed E-state index contributed by atoms with van der Waals surface area (Å²) in [6.45, 7) is 0. The van der Waals surface area contributed by atoms with Crippen molar-refractivity contribution in [2.24, 2.45) is 5.11 Å². The Morgan fingerprint density at radius 3 is 2.70 bits per heavy atom. The minimum absolute atomic E-state index is 0.221. The highest BCUT2D eigenvalue weighted by atomic mass is 16.1. The lowest BCUT2D eigenvalue weighted by atomic mass is 10.1. The average molecular weight is 263 g/mol. The second-order valence-corrected chi connectivity index (χ2v) is 4.14. The molecule has 2 aromatic carbocycles. The van der Waals surface area contributed by atoms with Crippen molar-refractivity contribution in [3.05, 3.63) is 69.3 Å². The van der Waals surface area contributed by atoms with Crippen molar-refractivity contribution in [1.29, 1.82) is 0 Å². The number of rotatable bonds is 2. The molecule has 0 amide bonds. The van der Waals surface area contributed by atoms with Gasteiger partial charge in [-0.2, -0.15) is 0 Å². The summed E-state index contributed by atoms with van der Waals surface area (Å²) in [5.41, 5.74) is 9.98. The molecule has 0 spiro atoms. The molecule has 20 heavy (non-hydrogen) atoms. The number of fused-ring (bicyclic) bond motifs is 1. The molecule has 0 aliphatic heterocycles. The standard InChI is InChI=1S/C14H9N5O/c15-19-18-12-8-4-1-5-9(12)13-16-11-7-3-2-6-10(11)14(20)17-13/h1-8H,(H,16,17,20). The van der Waals surface area contributed by atoms with Gasteiger partial charge in [-0.25, -0.2) is 4.98 Å². The summed E-state index contributed by atoms with van der Waals surface area (Å²) >= 11 is 0. The van der Waals surface area contributed by atoms with Crippen LogP contribution in [0.5, 0.6) is 0 Å². The molecule has 0 atom stereocenters. The van der Waals surface area contributed by atoms with Crippen molar-refractivity contribution in [1.82, 2.24) is 9.97 Å². The first-order valence-corrected chi connectivity index (χ1v) is 5.93. The maximum atomic E-state index is 12.0. The van der Waals surface area contributed by atoms with Gasteiger partial charge in [-0.3, -0.25) is 4.79 Å². The number of hydrogen-bond donors (Lipinski definition) is 1. The lowest BCUT2D eigenvalue weighted by molar-refractivity contribution is 1.18. The predicted molar refractivity (Wildman–Crippen MR) is 76.6 cm³/mol. The number of aromatic amines is 1. The van der Waals surface area contributed by atoms with E-state index >= 15 is 0 Å². The molecule has 0 radical (unpaired) electrons. The fourth-order valence-corrected chi connectivity index (χ4v) is 2.02. The molecule has 1 heterocycles. The van der Waals surface area contributed by atoms with Crippen LogP contribution in [0.25, 0.3) is 32.7 Å². The van der Waals surface area contributed by atoms with Crippen molar-refractivity contribution in [3.8, 4) is 11.4 Å². The first-order valence-electron chi connectivity index (χ1n) is 5.93. The molecule has 6 nitrogen and oxygen atoms in total. The maximum Gasteiger partial charge on any atom is 0.259 e. The molecule has 1 N–H and O–H groups in total. The van der Waals surface area contributed by atoms with E-state index in [9.17, 15) is 4.79 Å². The Hall–Kier alpha value is -3.11. The zero-order chi connectivity index (χ0) is 13.9. The Balaban J connectivity index is 2.31. The van der Waals surface area contributed by atoms with Gasteiger partial charge in [0, 0.05) is 16.2 Å². The van der Waals surface area contributed by atoms with Crippen LogP contribution in [0.3, 0.4) is 0 Å². The van der Waals surface area contributed by atoms with Gasteiger partial charge in [0.15, 0.2) is 0 Å². The van der Waals surface area contributed by atoms with Crippen LogP contribution in [0.15, 0.2) is 58.4 Å². The van der Waals surface area contributed by atoms with Crippen LogP contribution in [-0.4, -0.2) is 9.97 Å². The van der Waals surface area contributed by atoms with Crippen LogP contribution in [0.2, 0.25) is 0 Å². The number of H-pyrrole nitrogens is 1. The summed E-state index contributed by atoms with van der Waals surface area (Å²) in [7, 11) is 0. The monoisotopic (exact) mass is 263 g/mol. The van der Waals surface area contributed by atoms with Gasteiger partial charge >= 0.3 is 0 Å². The molecule has 6 heteroatoms. The Kier molecular flexibility index (Phi) is 2.91. The minimum Gasteiger partial charge on any atom is -0.306 e. The predicted octanol–water partition coefficient (Wildman–Crippen LogP) is 3.53. The van der Waals surface area contributed by atoms with E-state index in [2.05, 4.69) is 20.0 Å². The molecular formula is C14H9N5O. The molecule has 0 unspecified atom stereocenters. The molecule has 96 valence electrons. The molecule has 0 bridgehead atoms. The zero-order valence-corrected chi connectivity index (χ0v) is 10.3. The molecule has 1 aromatic heterocycles. The molecule has 0 saturated heterocycles. The van der Waals surface area contributed by atoms with E-state index in [1.807, 2.05) is 6.07 Å². The normalized spacial score (nSPS) is 10.2. The van der Waals surface area contributed by atoms with Crippen LogP contribution in [-0.2, 0) is 0 Å². The molecule has 3 aromatic rings. The van der Waals surface area contributed by atoms with Gasteiger partial charge < -0.3 is 4.98 Å². The van der Waals surface area contributed by atoms with Gasteiger partial charge in [0.25, 0.3) is 5.56 Å². The second-order valence-electron chi connectivity index (χ2n) is 4.14. The Morgan fingerprint density at radius 2 is 1.85 bits per heavy atom. The quantitative estimate of drug-likeness (QED) is 0.435. The van der Waals surface area contributed by atoms with E-state index in [4.69, 9.17) is 5.53 Å². The van der Waals surface area contributed by atoms with Crippen molar-refractivity contribution in [2.45, 2.75) is 0 Å². The lowest BCUT2D eigenvalue weighted by Gasteiger charge is -2.05.